The molecule has 0 spiro atoms. The van der Waals surface area contributed by atoms with Crippen LogP contribution in [0.25, 0.3) is 6.08 Å². The minimum absolute atomic E-state index is 0.369. The van der Waals surface area contributed by atoms with Crippen LogP contribution in [-0.2, 0) is 4.79 Å². The summed E-state index contributed by atoms with van der Waals surface area (Å²) in [5, 5.41) is 8.74. The molecule has 3 nitrogen and oxygen atoms in total. The van der Waals surface area contributed by atoms with Crippen LogP contribution in [0.3, 0.4) is 0 Å². The Hall–Kier alpha value is -1.84. The molecule has 2 rings (SSSR count). The van der Waals surface area contributed by atoms with Gasteiger partial charge >= 0.3 is 5.97 Å². The number of carboxylic acids is 1. The van der Waals surface area contributed by atoms with E-state index in [0.717, 1.165) is 43.6 Å². The predicted molar refractivity (Wildman–Crippen MR) is 82.9 cm³/mol. The number of anilines is 1. The number of hydrogen-bond donors (Lipinski definition) is 1. The maximum absolute atomic E-state index is 14.0. The van der Waals surface area contributed by atoms with Crippen LogP contribution in [0.1, 0.15) is 38.2 Å². The molecule has 0 amide bonds. The molecule has 0 bridgehead atoms. The number of benzene rings is 1. The first-order valence-corrected chi connectivity index (χ1v) is 7.56. The number of halogens is 1. The Bertz CT molecular complexity index is 520. The summed E-state index contributed by atoms with van der Waals surface area (Å²) in [6.07, 6.45) is 7.04. The van der Waals surface area contributed by atoms with Crippen LogP contribution in [0, 0.1) is 11.7 Å². The van der Waals surface area contributed by atoms with Gasteiger partial charge in [0.2, 0.25) is 0 Å². The predicted octanol–water partition coefficient (Wildman–Crippen LogP) is 3.94. The largest absolute Gasteiger partial charge is 0.478 e. The molecular weight excluding hydrogens is 269 g/mol. The maximum atomic E-state index is 14.0. The Morgan fingerprint density at radius 3 is 2.76 bits per heavy atom. The van der Waals surface area contributed by atoms with Crippen LogP contribution in [0.5, 0.6) is 0 Å². The van der Waals surface area contributed by atoms with Gasteiger partial charge in [-0.1, -0.05) is 25.8 Å². The molecule has 1 saturated heterocycles. The van der Waals surface area contributed by atoms with Gasteiger partial charge in [-0.25, -0.2) is 9.18 Å². The average molecular weight is 291 g/mol. The van der Waals surface area contributed by atoms with E-state index >= 15 is 0 Å². The van der Waals surface area contributed by atoms with E-state index in [0.29, 0.717) is 5.56 Å². The van der Waals surface area contributed by atoms with Gasteiger partial charge in [-0.2, -0.15) is 0 Å². The first-order valence-electron chi connectivity index (χ1n) is 7.56. The highest BCUT2D eigenvalue weighted by atomic mass is 19.1. The minimum Gasteiger partial charge on any atom is -0.478 e. The van der Waals surface area contributed by atoms with Gasteiger partial charge < -0.3 is 10.0 Å². The van der Waals surface area contributed by atoms with Gasteiger partial charge in [0.25, 0.3) is 0 Å². The highest BCUT2D eigenvalue weighted by molar-refractivity contribution is 5.87. The third-order valence-corrected chi connectivity index (χ3v) is 4.07. The Balaban J connectivity index is 2.17. The van der Waals surface area contributed by atoms with Crippen molar-refractivity contribution in [3.63, 3.8) is 0 Å². The van der Waals surface area contributed by atoms with E-state index in [9.17, 15) is 9.18 Å². The number of piperidine rings is 1. The van der Waals surface area contributed by atoms with Gasteiger partial charge in [0.05, 0.1) is 0 Å². The smallest absolute Gasteiger partial charge is 0.328 e. The molecule has 0 unspecified atom stereocenters. The third-order valence-electron chi connectivity index (χ3n) is 4.07. The second-order valence-electron chi connectivity index (χ2n) is 5.56. The summed E-state index contributed by atoms with van der Waals surface area (Å²) in [4.78, 5) is 12.8. The summed E-state index contributed by atoms with van der Waals surface area (Å²) in [6, 6.07) is 4.92. The number of rotatable bonds is 5. The van der Waals surface area contributed by atoms with E-state index in [1.54, 1.807) is 6.07 Å². The van der Waals surface area contributed by atoms with Gasteiger partial charge in [0.1, 0.15) is 5.82 Å². The van der Waals surface area contributed by atoms with Gasteiger partial charge in [0, 0.05) is 30.4 Å². The number of carbonyl (C=O) groups is 1. The standard InChI is InChI=1S/C17H22FNO2/c1-2-4-13-9-11-19(12-10-13)16-6-3-5-15(18)14(16)7-8-17(20)21/h3,5-8,13H,2,4,9-12H2,1H3,(H,20,21)/b8-7+. The zero-order valence-electron chi connectivity index (χ0n) is 12.4. The van der Waals surface area contributed by atoms with Crippen molar-refractivity contribution in [1.82, 2.24) is 0 Å². The second kappa shape index (κ2) is 7.25. The fraction of sp³-hybridized carbons (Fsp3) is 0.471. The molecule has 21 heavy (non-hydrogen) atoms. The van der Waals surface area contributed by atoms with Crippen LogP contribution in [0.2, 0.25) is 0 Å². The van der Waals surface area contributed by atoms with E-state index in [2.05, 4.69) is 11.8 Å². The lowest BCUT2D eigenvalue weighted by molar-refractivity contribution is -0.131. The molecule has 1 aliphatic rings. The molecule has 0 radical (unpaired) electrons. The summed E-state index contributed by atoms with van der Waals surface area (Å²) in [5.41, 5.74) is 1.16. The SMILES string of the molecule is CCCC1CCN(c2cccc(F)c2/C=C/C(=O)O)CC1. The zero-order valence-corrected chi connectivity index (χ0v) is 12.4. The summed E-state index contributed by atoms with van der Waals surface area (Å²) < 4.78 is 14.0. The summed E-state index contributed by atoms with van der Waals surface area (Å²) in [5.74, 6) is -0.677. The first kappa shape index (κ1) is 15.5. The lowest BCUT2D eigenvalue weighted by Crippen LogP contribution is -2.34. The molecule has 1 N–H and O–H groups in total. The van der Waals surface area contributed by atoms with Crippen molar-refractivity contribution in [3.05, 3.63) is 35.7 Å². The van der Waals surface area contributed by atoms with Crippen LogP contribution in [-0.4, -0.2) is 24.2 Å². The number of hydrogen-bond acceptors (Lipinski definition) is 2. The quantitative estimate of drug-likeness (QED) is 0.835. The molecule has 1 aromatic carbocycles. The van der Waals surface area contributed by atoms with Crippen molar-refractivity contribution in [1.29, 1.82) is 0 Å². The molecule has 0 aliphatic carbocycles. The first-order chi connectivity index (χ1) is 10.1. The van der Waals surface area contributed by atoms with Crippen LogP contribution in [0.15, 0.2) is 24.3 Å². The summed E-state index contributed by atoms with van der Waals surface area (Å²) in [7, 11) is 0. The van der Waals surface area contributed by atoms with Crippen molar-refractivity contribution < 1.29 is 14.3 Å². The second-order valence-corrected chi connectivity index (χ2v) is 5.56. The van der Waals surface area contributed by atoms with E-state index in [4.69, 9.17) is 5.11 Å². The molecular formula is C17H22FNO2. The lowest BCUT2D eigenvalue weighted by atomic mass is 9.92. The molecule has 0 saturated carbocycles. The molecule has 1 aromatic rings. The van der Waals surface area contributed by atoms with E-state index < -0.39 is 5.97 Å². The average Bonchev–Trinajstić information content (AvgIpc) is 2.47. The zero-order chi connectivity index (χ0) is 15.2. The number of carboxylic acid groups (broad SMARTS) is 1. The van der Waals surface area contributed by atoms with Gasteiger partial charge in [-0.05, 0) is 37.0 Å². The van der Waals surface area contributed by atoms with Gasteiger partial charge in [0.15, 0.2) is 0 Å². The van der Waals surface area contributed by atoms with Crippen LogP contribution in [0.4, 0.5) is 10.1 Å². The molecule has 114 valence electrons. The fourth-order valence-corrected chi connectivity index (χ4v) is 2.99. The highest BCUT2D eigenvalue weighted by Crippen LogP contribution is 2.30. The van der Waals surface area contributed by atoms with E-state index in [1.165, 1.54) is 25.0 Å². The number of nitrogens with zero attached hydrogens (tertiary/aromatic N) is 1. The molecule has 1 aliphatic heterocycles. The normalized spacial score (nSPS) is 16.6. The molecule has 1 fully saturated rings. The molecule has 0 aromatic heterocycles. The maximum Gasteiger partial charge on any atom is 0.328 e. The topological polar surface area (TPSA) is 40.5 Å². The van der Waals surface area contributed by atoms with Crippen LogP contribution >= 0.6 is 0 Å². The van der Waals surface area contributed by atoms with Crippen molar-refractivity contribution >= 4 is 17.7 Å². The lowest BCUT2D eigenvalue weighted by Gasteiger charge is -2.34. The van der Waals surface area contributed by atoms with Crippen molar-refractivity contribution in [2.45, 2.75) is 32.6 Å². The Labute approximate surface area is 125 Å². The Morgan fingerprint density at radius 1 is 1.43 bits per heavy atom. The monoisotopic (exact) mass is 291 g/mol. The van der Waals surface area contributed by atoms with Crippen molar-refractivity contribution in [2.24, 2.45) is 5.92 Å². The third kappa shape index (κ3) is 4.06. The van der Waals surface area contributed by atoms with Gasteiger partial charge in [-0.15, -0.1) is 0 Å². The molecule has 0 atom stereocenters. The minimum atomic E-state index is -1.06. The molecule has 4 heteroatoms. The van der Waals surface area contributed by atoms with E-state index in [-0.39, 0.29) is 5.82 Å². The van der Waals surface area contributed by atoms with Crippen molar-refractivity contribution in [2.75, 3.05) is 18.0 Å². The Morgan fingerprint density at radius 2 is 2.14 bits per heavy atom. The van der Waals surface area contributed by atoms with Crippen LogP contribution < -0.4 is 4.90 Å². The molecule has 1 heterocycles. The highest BCUT2D eigenvalue weighted by Gasteiger charge is 2.21. The Kier molecular flexibility index (Phi) is 5.37. The summed E-state index contributed by atoms with van der Waals surface area (Å²) >= 11 is 0. The number of aliphatic carboxylic acids is 1. The van der Waals surface area contributed by atoms with E-state index in [1.807, 2.05) is 6.07 Å². The van der Waals surface area contributed by atoms with Crippen molar-refractivity contribution in [3.8, 4) is 0 Å². The fourth-order valence-electron chi connectivity index (χ4n) is 2.99. The van der Waals surface area contributed by atoms with Gasteiger partial charge in [-0.3, -0.25) is 0 Å². The summed E-state index contributed by atoms with van der Waals surface area (Å²) in [6.45, 7) is 4.01.